The van der Waals surface area contributed by atoms with Crippen LogP contribution in [0.3, 0.4) is 0 Å². The van der Waals surface area contributed by atoms with E-state index < -0.39 is 10.0 Å². The van der Waals surface area contributed by atoms with Gasteiger partial charge < -0.3 is 4.90 Å². The predicted octanol–water partition coefficient (Wildman–Crippen LogP) is 2.13. The normalized spacial score (nSPS) is 20.7. The maximum absolute atomic E-state index is 12.9. The summed E-state index contributed by atoms with van der Waals surface area (Å²) in [4.78, 5) is 16.6. The third-order valence-corrected chi connectivity index (χ3v) is 7.76. The van der Waals surface area contributed by atoms with E-state index in [-0.39, 0.29) is 5.91 Å². The van der Waals surface area contributed by atoms with Crippen LogP contribution in [0.15, 0.2) is 29.2 Å². The minimum atomic E-state index is -3.47. The molecule has 150 valence electrons. The molecule has 2 aliphatic rings. The lowest BCUT2D eigenvalue weighted by Crippen LogP contribution is -2.51. The van der Waals surface area contributed by atoms with E-state index in [0.717, 1.165) is 32.4 Å². The van der Waals surface area contributed by atoms with E-state index in [9.17, 15) is 13.2 Å². The van der Waals surface area contributed by atoms with Crippen LogP contribution in [0.4, 0.5) is 0 Å². The third kappa shape index (κ3) is 4.70. The second-order valence-corrected chi connectivity index (χ2v) is 9.58. The fourth-order valence-corrected chi connectivity index (χ4v) is 5.16. The number of hydrogen-bond donors (Lipinski definition) is 0. The monoisotopic (exact) mass is 393 g/mol. The lowest BCUT2D eigenvalue weighted by molar-refractivity contribution is -0.131. The summed E-state index contributed by atoms with van der Waals surface area (Å²) in [7, 11) is -3.47. The number of carbonyl (C=O) groups excluding carboxylic acids is 1. The largest absolute Gasteiger partial charge is 0.342 e. The second kappa shape index (κ2) is 8.71. The summed E-state index contributed by atoms with van der Waals surface area (Å²) in [5, 5.41) is 0. The first kappa shape index (κ1) is 20.3. The molecule has 0 radical (unpaired) electrons. The summed E-state index contributed by atoms with van der Waals surface area (Å²) in [5.41, 5.74) is 1.17. The molecule has 0 N–H and O–H groups in total. The number of amides is 1. The Hall–Kier alpha value is -1.44. The minimum Gasteiger partial charge on any atom is -0.342 e. The fraction of sp³-hybridized carbons (Fsp3) is 0.650. The average Bonchev–Trinajstić information content (AvgIpc) is 3.23. The molecule has 0 spiro atoms. The highest BCUT2D eigenvalue weighted by molar-refractivity contribution is 7.89. The molecule has 0 aliphatic carbocycles. The van der Waals surface area contributed by atoms with Gasteiger partial charge in [0.1, 0.15) is 0 Å². The van der Waals surface area contributed by atoms with Gasteiger partial charge in [-0.05, 0) is 42.9 Å². The van der Waals surface area contributed by atoms with E-state index >= 15 is 0 Å². The predicted molar refractivity (Wildman–Crippen MR) is 106 cm³/mol. The molecule has 6 nitrogen and oxygen atoms in total. The van der Waals surface area contributed by atoms with Crippen LogP contribution in [0.5, 0.6) is 0 Å². The van der Waals surface area contributed by atoms with Gasteiger partial charge in [0.2, 0.25) is 15.9 Å². The Bertz CT molecular complexity index is 734. The molecule has 1 aromatic carbocycles. The molecule has 3 rings (SSSR count). The van der Waals surface area contributed by atoms with Crippen molar-refractivity contribution in [1.82, 2.24) is 14.1 Å². The molecule has 2 aliphatic heterocycles. The van der Waals surface area contributed by atoms with Crippen LogP contribution in [0, 0.1) is 0 Å². The Balaban J connectivity index is 1.57. The molecule has 1 unspecified atom stereocenters. The summed E-state index contributed by atoms with van der Waals surface area (Å²) in [6.45, 7) is 8.46. The number of hydrogen-bond acceptors (Lipinski definition) is 4. The number of piperazine rings is 1. The van der Waals surface area contributed by atoms with E-state index in [1.54, 1.807) is 16.4 Å². The smallest absolute Gasteiger partial charge is 0.243 e. The number of rotatable bonds is 6. The van der Waals surface area contributed by atoms with E-state index in [1.165, 1.54) is 5.56 Å². The maximum Gasteiger partial charge on any atom is 0.243 e. The van der Waals surface area contributed by atoms with Crippen molar-refractivity contribution >= 4 is 15.9 Å². The van der Waals surface area contributed by atoms with Crippen molar-refractivity contribution in [2.75, 3.05) is 45.8 Å². The van der Waals surface area contributed by atoms with Gasteiger partial charge in [-0.3, -0.25) is 9.69 Å². The van der Waals surface area contributed by atoms with E-state index in [4.69, 9.17) is 0 Å². The molecule has 2 heterocycles. The number of nitrogens with zero attached hydrogens (tertiary/aromatic N) is 3. The highest BCUT2D eigenvalue weighted by Crippen LogP contribution is 2.23. The van der Waals surface area contributed by atoms with Crippen LogP contribution in [0.2, 0.25) is 0 Å². The average molecular weight is 394 g/mol. The molecule has 7 heteroatoms. The zero-order valence-corrected chi connectivity index (χ0v) is 17.2. The molecular weight excluding hydrogens is 362 g/mol. The lowest BCUT2D eigenvalue weighted by Gasteiger charge is -2.34. The summed E-state index contributed by atoms with van der Waals surface area (Å²) >= 11 is 0. The lowest BCUT2D eigenvalue weighted by atomic mass is 9.99. The van der Waals surface area contributed by atoms with Crippen molar-refractivity contribution in [3.8, 4) is 0 Å². The van der Waals surface area contributed by atoms with Crippen LogP contribution in [-0.2, 0) is 14.8 Å². The van der Waals surface area contributed by atoms with Gasteiger partial charge in [0.15, 0.2) is 0 Å². The van der Waals surface area contributed by atoms with Gasteiger partial charge in [0, 0.05) is 39.3 Å². The summed E-state index contributed by atoms with van der Waals surface area (Å²) in [5.74, 6) is 0.600. The number of carbonyl (C=O) groups is 1. The number of sulfonamides is 1. The molecule has 1 amide bonds. The van der Waals surface area contributed by atoms with Crippen molar-refractivity contribution in [1.29, 1.82) is 0 Å². The zero-order chi connectivity index (χ0) is 19.4. The molecule has 0 saturated carbocycles. The van der Waals surface area contributed by atoms with Crippen molar-refractivity contribution < 1.29 is 13.2 Å². The van der Waals surface area contributed by atoms with E-state index in [0.29, 0.717) is 43.5 Å². The first-order chi connectivity index (χ1) is 12.9. The highest BCUT2D eigenvalue weighted by atomic mass is 32.2. The first-order valence-electron chi connectivity index (χ1n) is 10.0. The van der Waals surface area contributed by atoms with Gasteiger partial charge in [-0.1, -0.05) is 26.0 Å². The standard InChI is InChI=1S/C20H31N3O3S/c1-3-17(2)18-6-8-19(9-7-18)27(25,26)23-14-12-21(13-15-23)16-20(24)22-10-4-5-11-22/h6-9,17H,3-5,10-16H2,1-2H3. The molecule has 0 aromatic heterocycles. The van der Waals surface area contributed by atoms with Crippen molar-refractivity contribution in [3.63, 3.8) is 0 Å². The Morgan fingerprint density at radius 1 is 1.00 bits per heavy atom. The molecule has 1 atom stereocenters. The quantitative estimate of drug-likeness (QED) is 0.743. The number of likely N-dealkylation sites (tertiary alicyclic amines) is 1. The van der Waals surface area contributed by atoms with Gasteiger partial charge in [-0.25, -0.2) is 8.42 Å². The highest BCUT2D eigenvalue weighted by Gasteiger charge is 2.30. The summed E-state index contributed by atoms with van der Waals surface area (Å²) in [6, 6.07) is 7.29. The Labute approximate surface area is 163 Å². The fourth-order valence-electron chi connectivity index (χ4n) is 3.74. The molecular formula is C20H31N3O3S. The van der Waals surface area contributed by atoms with E-state index in [1.807, 2.05) is 17.0 Å². The molecule has 1 aromatic rings. The van der Waals surface area contributed by atoms with Crippen LogP contribution < -0.4 is 0 Å². The molecule has 2 fully saturated rings. The maximum atomic E-state index is 12.9. The van der Waals surface area contributed by atoms with Gasteiger partial charge in [0.25, 0.3) is 0 Å². The van der Waals surface area contributed by atoms with Gasteiger partial charge >= 0.3 is 0 Å². The minimum absolute atomic E-state index is 0.171. The Kier molecular flexibility index (Phi) is 6.55. The van der Waals surface area contributed by atoms with Crippen LogP contribution in [0.1, 0.15) is 44.6 Å². The Morgan fingerprint density at radius 2 is 1.59 bits per heavy atom. The summed E-state index contributed by atoms with van der Waals surface area (Å²) in [6.07, 6.45) is 3.21. The topological polar surface area (TPSA) is 60.9 Å². The van der Waals surface area contributed by atoms with Crippen molar-refractivity contribution in [3.05, 3.63) is 29.8 Å². The van der Waals surface area contributed by atoms with Crippen LogP contribution >= 0.6 is 0 Å². The second-order valence-electron chi connectivity index (χ2n) is 7.65. The van der Waals surface area contributed by atoms with Crippen molar-refractivity contribution in [2.24, 2.45) is 0 Å². The van der Waals surface area contributed by atoms with Gasteiger partial charge in [-0.2, -0.15) is 4.31 Å². The number of benzene rings is 1. The molecule has 2 saturated heterocycles. The van der Waals surface area contributed by atoms with Crippen LogP contribution in [0.25, 0.3) is 0 Å². The Morgan fingerprint density at radius 3 is 2.15 bits per heavy atom. The van der Waals surface area contributed by atoms with Crippen LogP contribution in [-0.4, -0.2) is 74.2 Å². The van der Waals surface area contributed by atoms with Gasteiger partial charge in [-0.15, -0.1) is 0 Å². The summed E-state index contributed by atoms with van der Waals surface area (Å²) < 4.78 is 27.4. The van der Waals surface area contributed by atoms with Crippen molar-refractivity contribution in [2.45, 2.75) is 43.9 Å². The SMILES string of the molecule is CCC(C)c1ccc(S(=O)(=O)N2CCN(CC(=O)N3CCCC3)CC2)cc1. The third-order valence-electron chi connectivity index (χ3n) is 5.85. The zero-order valence-electron chi connectivity index (χ0n) is 16.4. The molecule has 27 heavy (non-hydrogen) atoms. The molecule has 0 bridgehead atoms. The van der Waals surface area contributed by atoms with Gasteiger partial charge in [0.05, 0.1) is 11.4 Å². The van der Waals surface area contributed by atoms with E-state index in [2.05, 4.69) is 18.7 Å². The first-order valence-corrected chi connectivity index (χ1v) is 11.5.